The molecule has 0 rings (SSSR count). The highest BCUT2D eigenvalue weighted by Gasteiger charge is 2.31. The highest BCUT2D eigenvalue weighted by molar-refractivity contribution is 6.64. The van der Waals surface area contributed by atoms with Gasteiger partial charge in [-0.25, -0.2) is 0 Å². The molecule has 0 aliphatic rings. The summed E-state index contributed by atoms with van der Waals surface area (Å²) in [6, 6.07) is 0. The molecule has 0 bridgehead atoms. The van der Waals surface area contributed by atoms with Gasteiger partial charge in [0.15, 0.2) is 0 Å². The molecule has 0 saturated heterocycles. The van der Waals surface area contributed by atoms with Crippen LogP contribution in [0.5, 0.6) is 0 Å². The van der Waals surface area contributed by atoms with E-state index >= 15 is 0 Å². The Morgan fingerprint density at radius 3 is 0.707 bits per heavy atom. The molecule has 0 aromatic rings. The van der Waals surface area contributed by atoms with Crippen LogP contribution in [0.1, 0.15) is 492 Å². The Hall–Kier alpha value is -1.03. The zero-order chi connectivity index (χ0) is 85.3. The first-order chi connectivity index (χ1) is 56.7. The van der Waals surface area contributed by atoms with Crippen LogP contribution < -0.4 is 0 Å². The highest BCUT2D eigenvalue weighted by atomic mass is 28.4. The molecule has 0 heterocycles. The first-order valence-corrected chi connectivity index (χ1v) is 57.2. The van der Waals surface area contributed by atoms with Crippen LogP contribution in [0.15, 0.2) is 0 Å². The normalized spacial score (nSPS) is 13.1. The van der Waals surface area contributed by atoms with E-state index in [1.54, 1.807) is 0 Å². The molecule has 0 spiro atoms. The van der Waals surface area contributed by atoms with Crippen molar-refractivity contribution < 1.29 is 56.5 Å². The summed E-state index contributed by atoms with van der Waals surface area (Å²) in [7, 11) is -4.53. The second kappa shape index (κ2) is 93.1. The number of hydrogen-bond acceptors (Lipinski definition) is 14. The molecular formula is C100H206N2O12Si2. The van der Waals surface area contributed by atoms with Gasteiger partial charge in [0, 0.05) is 39.6 Å². The first-order valence-electron chi connectivity index (χ1n) is 51.5. The molecular weight excluding hydrogens is 1480 g/mol. The quantitative estimate of drug-likeness (QED) is 0.0257. The van der Waals surface area contributed by atoms with E-state index in [4.69, 9.17) is 36.7 Å². The molecule has 0 fully saturated rings. The molecule has 0 aromatic heterocycles. The molecule has 116 heavy (non-hydrogen) atoms. The summed E-state index contributed by atoms with van der Waals surface area (Å²) in [5, 5.41) is 18.8. The second-order valence-electron chi connectivity index (χ2n) is 36.0. The summed E-state index contributed by atoms with van der Waals surface area (Å²) in [6.45, 7) is 38.2. The van der Waals surface area contributed by atoms with Crippen molar-refractivity contribution >= 4 is 29.1 Å². The summed E-state index contributed by atoms with van der Waals surface area (Å²) < 4.78 is 50.5. The molecule has 0 aliphatic heterocycles. The molecule has 14 nitrogen and oxygen atoms in total. The third kappa shape index (κ3) is 85.2. The maximum absolute atomic E-state index is 13.0. The van der Waals surface area contributed by atoms with Gasteiger partial charge in [-0.15, -0.1) is 0 Å². The van der Waals surface area contributed by atoms with Crippen molar-refractivity contribution in [2.24, 2.45) is 11.8 Å². The lowest BCUT2D eigenvalue weighted by Crippen LogP contribution is -2.40. The minimum atomic E-state index is -2.27. The Morgan fingerprint density at radius 1 is 0.241 bits per heavy atom. The van der Waals surface area contributed by atoms with Crippen molar-refractivity contribution in [3.63, 3.8) is 0 Å². The van der Waals surface area contributed by atoms with E-state index in [0.717, 1.165) is 220 Å². The molecule has 696 valence electrons. The molecule has 0 saturated carbocycles. The summed E-state index contributed by atoms with van der Waals surface area (Å²) >= 11 is 0. The maximum atomic E-state index is 13.0. The number of esters is 2. The van der Waals surface area contributed by atoms with Crippen molar-refractivity contribution in [3.05, 3.63) is 0 Å². The van der Waals surface area contributed by atoms with Crippen LogP contribution in [0, 0.1) is 11.8 Å². The smallest absolute Gasteiger partial charge is 0.333 e. The molecule has 0 amide bonds. The van der Waals surface area contributed by atoms with Crippen molar-refractivity contribution in [3.8, 4) is 0 Å². The third-order valence-electron chi connectivity index (χ3n) is 23.4. The Labute approximate surface area is 725 Å². The Bertz CT molecular complexity index is 1800. The SMILES string of the molecule is CCCCCCCCOC(CCCCCN(CCCCO)CCCCCCOC(=O)C(CCCCCC)CCCCCCCC)O[Si](C)(C)OCCCCCCCC.CCCCCCCCOC(CCCCCN(CCCCO)CCCCCCOC(=O)C(CCCCCC)CCCCCCCC)O[Si](C)(C)OCCCCCCCC. The monoisotopic (exact) mass is 1680 g/mol. The number of rotatable bonds is 96. The lowest BCUT2D eigenvalue weighted by molar-refractivity contribution is -0.150. The van der Waals surface area contributed by atoms with Gasteiger partial charge in [0.2, 0.25) is 0 Å². The van der Waals surface area contributed by atoms with Crippen molar-refractivity contribution in [2.45, 2.75) is 531 Å². The van der Waals surface area contributed by atoms with Crippen LogP contribution in [0.3, 0.4) is 0 Å². The molecule has 0 aliphatic carbocycles. The highest BCUT2D eigenvalue weighted by Crippen LogP contribution is 2.26. The number of nitrogens with zero attached hydrogens (tertiary/aromatic N) is 2. The zero-order valence-corrected chi connectivity index (χ0v) is 82.2. The van der Waals surface area contributed by atoms with E-state index in [2.05, 4.69) is 91.4 Å². The van der Waals surface area contributed by atoms with Gasteiger partial charge in [0.1, 0.15) is 12.6 Å². The number of aliphatic hydroxyl groups excluding tert-OH is 2. The minimum absolute atomic E-state index is 0.0602. The van der Waals surface area contributed by atoms with Gasteiger partial charge in [-0.1, -0.05) is 351 Å². The van der Waals surface area contributed by atoms with Crippen molar-refractivity contribution in [1.29, 1.82) is 0 Å². The van der Waals surface area contributed by atoms with Gasteiger partial charge >= 0.3 is 29.1 Å². The number of aliphatic hydroxyl groups is 2. The Morgan fingerprint density at radius 2 is 0.440 bits per heavy atom. The van der Waals surface area contributed by atoms with Gasteiger partial charge in [0.25, 0.3) is 0 Å². The van der Waals surface area contributed by atoms with E-state index in [1.165, 1.54) is 283 Å². The van der Waals surface area contributed by atoms with E-state index in [-0.39, 0.29) is 49.6 Å². The van der Waals surface area contributed by atoms with Crippen LogP contribution >= 0.6 is 0 Å². The fourth-order valence-corrected chi connectivity index (χ4v) is 18.8. The number of carbonyl (C=O) groups excluding carboxylic acids is 2. The average molecular weight is 1680 g/mol. The van der Waals surface area contributed by atoms with Crippen LogP contribution in [-0.4, -0.2) is 154 Å². The maximum Gasteiger partial charge on any atom is 0.333 e. The standard InChI is InChI=1S/2C50H103NO6Si/c2*1-7-11-15-19-22-29-39-48(38-28-18-14-10-4)50(53)55-46-36-26-23-31-41-51(43-33-34-44-52)42-32-27-30-40-49(54-45-35-24-20-16-12-8-2)57-58(5,6)56-47-37-25-21-17-13-9-3/h2*48-49,52H,7-47H2,1-6H3. The molecule has 4 unspecified atom stereocenters. The van der Waals surface area contributed by atoms with E-state index < -0.39 is 17.1 Å². The third-order valence-corrected chi connectivity index (χ3v) is 26.9. The number of hydrogen-bond donors (Lipinski definition) is 2. The molecule has 16 heteroatoms. The zero-order valence-electron chi connectivity index (χ0n) is 80.2. The molecule has 0 radical (unpaired) electrons. The second-order valence-corrected chi connectivity index (χ2v) is 42.7. The fourth-order valence-electron chi connectivity index (χ4n) is 15.8. The summed E-state index contributed by atoms with van der Waals surface area (Å²) in [5.74, 6) is 0.304. The van der Waals surface area contributed by atoms with Gasteiger partial charge < -0.3 is 56.7 Å². The molecule has 2 N–H and O–H groups in total. The topological polar surface area (TPSA) is 155 Å². The lowest BCUT2D eigenvalue weighted by atomic mass is 9.94. The lowest BCUT2D eigenvalue weighted by Gasteiger charge is -2.29. The Kier molecular flexibility index (Phi) is 94.0. The predicted octanol–water partition coefficient (Wildman–Crippen LogP) is 29.7. The van der Waals surface area contributed by atoms with Crippen molar-refractivity contribution in [2.75, 3.05) is 92.1 Å². The number of carbonyl (C=O) groups is 2. The Balaban J connectivity index is 0. The molecule has 4 atom stereocenters. The minimum Gasteiger partial charge on any atom is -0.465 e. The largest absolute Gasteiger partial charge is 0.465 e. The predicted molar refractivity (Wildman–Crippen MR) is 504 cm³/mol. The summed E-state index contributed by atoms with van der Waals surface area (Å²) in [5.41, 5.74) is 0. The summed E-state index contributed by atoms with van der Waals surface area (Å²) in [6.07, 6.45) is 80.5. The first kappa shape index (κ1) is 117. The average Bonchev–Trinajstić information content (AvgIpc) is 0.894. The number of unbranched alkanes of at least 4 members (excludes halogenated alkanes) is 48. The van der Waals surface area contributed by atoms with Crippen LogP contribution in [0.2, 0.25) is 26.2 Å². The van der Waals surface area contributed by atoms with E-state index in [0.29, 0.717) is 13.2 Å². The van der Waals surface area contributed by atoms with Crippen LogP contribution in [0.25, 0.3) is 0 Å². The van der Waals surface area contributed by atoms with Crippen LogP contribution in [0.4, 0.5) is 0 Å². The van der Waals surface area contributed by atoms with Crippen molar-refractivity contribution in [1.82, 2.24) is 9.80 Å². The fraction of sp³-hybridized carbons (Fsp3) is 0.980. The van der Waals surface area contributed by atoms with E-state index in [9.17, 15) is 19.8 Å². The van der Waals surface area contributed by atoms with Gasteiger partial charge in [-0.3, -0.25) is 9.59 Å². The van der Waals surface area contributed by atoms with E-state index in [1.807, 2.05) is 0 Å². The molecule has 0 aromatic carbocycles. The summed E-state index contributed by atoms with van der Waals surface area (Å²) in [4.78, 5) is 31.3. The number of ether oxygens (including phenoxy) is 4. The van der Waals surface area contributed by atoms with Gasteiger partial charge in [-0.2, -0.15) is 0 Å². The van der Waals surface area contributed by atoms with Gasteiger partial charge in [-0.05, 0) is 207 Å². The van der Waals surface area contributed by atoms with Crippen LogP contribution in [-0.2, 0) is 46.2 Å². The van der Waals surface area contributed by atoms with Gasteiger partial charge in [0.05, 0.1) is 25.0 Å².